The number of hydrogen-bond acceptors (Lipinski definition) is 10. The lowest BCUT2D eigenvalue weighted by Gasteiger charge is -2.40. The molecule has 6 N–H and O–H groups in total. The number of hydrazone groups is 1. The second-order valence-corrected chi connectivity index (χ2v) is 8.96. The molecule has 5 unspecified atom stereocenters. The summed E-state index contributed by atoms with van der Waals surface area (Å²) in [5, 5.41) is 38.8. The first kappa shape index (κ1) is 29.6. The average Bonchev–Trinajstić information content (AvgIpc) is 2.87. The fourth-order valence-corrected chi connectivity index (χ4v) is 3.47. The standard InChI is InChI=1S/C24H39N5O7/c1-15(2)28-29-19-9-8-17(13-27-19)23(34)26-11-6-10-25-20(31)7-4-5-12-35-24-16(3)21(32)22(33)18(14-30)36-24/h8-9,13,16,18,21-22,24,30,32-33H,4-7,10-12,14H2,1-3H3,(H,25,31)(H,26,34)(H,27,29). The highest BCUT2D eigenvalue weighted by Crippen LogP contribution is 2.26. The number of anilines is 1. The molecule has 2 heterocycles. The maximum absolute atomic E-state index is 12.2. The van der Waals surface area contributed by atoms with Gasteiger partial charge >= 0.3 is 0 Å². The molecule has 36 heavy (non-hydrogen) atoms. The van der Waals surface area contributed by atoms with Crippen LogP contribution in [-0.4, -0.2) is 88.7 Å². The van der Waals surface area contributed by atoms with Crippen LogP contribution >= 0.6 is 0 Å². The van der Waals surface area contributed by atoms with Crippen molar-refractivity contribution in [3.8, 4) is 0 Å². The number of nitrogens with one attached hydrogen (secondary N) is 3. The molecular formula is C24H39N5O7. The van der Waals surface area contributed by atoms with E-state index in [0.717, 1.165) is 5.71 Å². The smallest absolute Gasteiger partial charge is 0.252 e. The van der Waals surface area contributed by atoms with E-state index < -0.39 is 37.1 Å². The zero-order valence-corrected chi connectivity index (χ0v) is 21.1. The Labute approximate surface area is 211 Å². The number of rotatable bonds is 14. The van der Waals surface area contributed by atoms with Crippen LogP contribution in [0.2, 0.25) is 0 Å². The van der Waals surface area contributed by atoms with E-state index in [4.69, 9.17) is 9.47 Å². The van der Waals surface area contributed by atoms with Crippen LogP contribution in [0.3, 0.4) is 0 Å². The van der Waals surface area contributed by atoms with E-state index >= 15 is 0 Å². The molecule has 0 aromatic carbocycles. The van der Waals surface area contributed by atoms with Gasteiger partial charge in [-0.1, -0.05) is 6.92 Å². The lowest BCUT2D eigenvalue weighted by molar-refractivity contribution is -0.282. The molecule has 0 aliphatic carbocycles. The van der Waals surface area contributed by atoms with Crippen LogP contribution in [0.1, 0.15) is 56.8 Å². The number of aliphatic hydroxyl groups excluding tert-OH is 3. The molecule has 2 amide bonds. The van der Waals surface area contributed by atoms with Crippen LogP contribution in [0, 0.1) is 5.92 Å². The number of unbranched alkanes of at least 4 members (excludes halogenated alkanes) is 1. The van der Waals surface area contributed by atoms with E-state index in [2.05, 4.69) is 26.1 Å². The number of nitrogens with zero attached hydrogens (tertiary/aromatic N) is 2. The van der Waals surface area contributed by atoms with Crippen molar-refractivity contribution in [2.75, 3.05) is 31.7 Å². The summed E-state index contributed by atoms with van der Waals surface area (Å²) >= 11 is 0. The minimum atomic E-state index is -1.15. The van der Waals surface area contributed by atoms with Crippen LogP contribution in [-0.2, 0) is 14.3 Å². The maximum atomic E-state index is 12.2. The summed E-state index contributed by atoms with van der Waals surface area (Å²) in [4.78, 5) is 28.3. The minimum Gasteiger partial charge on any atom is -0.394 e. The first-order valence-electron chi connectivity index (χ1n) is 12.2. The van der Waals surface area contributed by atoms with Crippen molar-refractivity contribution in [1.29, 1.82) is 0 Å². The van der Waals surface area contributed by atoms with Crippen molar-refractivity contribution in [1.82, 2.24) is 15.6 Å². The van der Waals surface area contributed by atoms with Crippen molar-refractivity contribution in [3.63, 3.8) is 0 Å². The van der Waals surface area contributed by atoms with Crippen molar-refractivity contribution in [3.05, 3.63) is 23.9 Å². The molecule has 12 heteroatoms. The van der Waals surface area contributed by atoms with Gasteiger partial charge in [0, 0.05) is 43.9 Å². The number of carbonyl (C=O) groups is 2. The van der Waals surface area contributed by atoms with Gasteiger partial charge in [0.05, 0.1) is 18.3 Å². The van der Waals surface area contributed by atoms with Crippen molar-refractivity contribution >= 4 is 23.3 Å². The Balaban J connectivity index is 1.53. The number of aliphatic hydroxyl groups is 3. The third-order valence-corrected chi connectivity index (χ3v) is 5.65. The van der Waals surface area contributed by atoms with Gasteiger partial charge in [-0.25, -0.2) is 4.98 Å². The van der Waals surface area contributed by atoms with Gasteiger partial charge in [0.25, 0.3) is 5.91 Å². The van der Waals surface area contributed by atoms with Crippen molar-refractivity contribution in [2.24, 2.45) is 11.0 Å². The van der Waals surface area contributed by atoms with E-state index in [0.29, 0.717) is 56.8 Å². The summed E-state index contributed by atoms with van der Waals surface area (Å²) in [6.45, 7) is 6.20. The summed E-state index contributed by atoms with van der Waals surface area (Å²) in [5.74, 6) is -0.212. The zero-order valence-electron chi connectivity index (χ0n) is 21.1. The van der Waals surface area contributed by atoms with Crippen molar-refractivity contribution < 1.29 is 34.4 Å². The highest BCUT2D eigenvalue weighted by Gasteiger charge is 2.42. The number of aromatic nitrogens is 1. The van der Waals surface area contributed by atoms with E-state index in [-0.39, 0.29) is 11.8 Å². The third kappa shape index (κ3) is 9.78. The largest absolute Gasteiger partial charge is 0.394 e. The lowest BCUT2D eigenvalue weighted by Crippen LogP contribution is -2.55. The normalized spacial score (nSPS) is 23.6. The molecule has 0 bridgehead atoms. The Morgan fingerprint density at radius 3 is 2.53 bits per heavy atom. The number of hydrogen-bond donors (Lipinski definition) is 6. The topological polar surface area (TPSA) is 175 Å². The van der Waals surface area contributed by atoms with Crippen molar-refractivity contribution in [2.45, 2.75) is 71.1 Å². The molecule has 0 spiro atoms. The highest BCUT2D eigenvalue weighted by molar-refractivity contribution is 5.94. The van der Waals surface area contributed by atoms with Crippen LogP contribution in [0.15, 0.2) is 23.4 Å². The predicted octanol–water partition coefficient (Wildman–Crippen LogP) is 0.387. The first-order chi connectivity index (χ1) is 17.2. The summed E-state index contributed by atoms with van der Waals surface area (Å²) in [6, 6.07) is 3.34. The molecule has 1 aromatic rings. The van der Waals surface area contributed by atoms with Gasteiger partial charge in [-0.2, -0.15) is 5.10 Å². The molecule has 5 atom stereocenters. The van der Waals surface area contributed by atoms with Crippen LogP contribution in [0.4, 0.5) is 5.82 Å². The molecular weight excluding hydrogens is 470 g/mol. The van der Waals surface area contributed by atoms with Gasteiger partial charge in [0.2, 0.25) is 5.91 Å². The molecule has 1 saturated heterocycles. The monoisotopic (exact) mass is 509 g/mol. The Bertz CT molecular complexity index is 846. The van der Waals surface area contributed by atoms with Gasteiger partial charge in [0.1, 0.15) is 18.0 Å². The fraction of sp³-hybridized carbons (Fsp3) is 0.667. The molecule has 202 valence electrons. The molecule has 1 aliphatic heterocycles. The summed E-state index contributed by atoms with van der Waals surface area (Å²) in [5.41, 5.74) is 4.09. The molecule has 1 aliphatic rings. The third-order valence-electron chi connectivity index (χ3n) is 5.65. The molecule has 0 saturated carbocycles. The molecule has 1 fully saturated rings. The first-order valence-corrected chi connectivity index (χ1v) is 12.2. The lowest BCUT2D eigenvalue weighted by atomic mass is 9.92. The predicted molar refractivity (Wildman–Crippen MR) is 133 cm³/mol. The van der Waals surface area contributed by atoms with E-state index in [1.165, 1.54) is 6.20 Å². The van der Waals surface area contributed by atoms with Gasteiger partial charge in [-0.3, -0.25) is 15.0 Å². The number of carbonyl (C=O) groups excluding carboxylic acids is 2. The fourth-order valence-electron chi connectivity index (χ4n) is 3.47. The van der Waals surface area contributed by atoms with Crippen LogP contribution < -0.4 is 16.1 Å². The number of amides is 2. The second-order valence-electron chi connectivity index (χ2n) is 8.96. The minimum absolute atomic E-state index is 0.0836. The van der Waals surface area contributed by atoms with Gasteiger partial charge < -0.3 is 35.4 Å². The average molecular weight is 510 g/mol. The summed E-state index contributed by atoms with van der Waals surface area (Å²) in [6.07, 6.45) is -0.179. The van der Waals surface area contributed by atoms with E-state index in [9.17, 15) is 24.9 Å². The van der Waals surface area contributed by atoms with Crippen LogP contribution in [0.25, 0.3) is 0 Å². The SMILES string of the molecule is CC(C)=NNc1ccc(C(=O)NCCCNC(=O)CCCCOC2OC(CO)C(O)C(O)C2C)cn1. The molecule has 2 rings (SSSR count). The second kappa shape index (κ2) is 15.5. The van der Waals surface area contributed by atoms with Crippen LogP contribution in [0.5, 0.6) is 0 Å². The van der Waals surface area contributed by atoms with Gasteiger partial charge in [-0.15, -0.1) is 0 Å². The Morgan fingerprint density at radius 2 is 1.86 bits per heavy atom. The highest BCUT2D eigenvalue weighted by atomic mass is 16.7. The Kier molecular flexibility index (Phi) is 12.7. The number of ether oxygens (including phenoxy) is 2. The van der Waals surface area contributed by atoms with Gasteiger partial charge in [-0.05, 0) is 45.2 Å². The molecule has 12 nitrogen and oxygen atoms in total. The Morgan fingerprint density at radius 1 is 1.11 bits per heavy atom. The van der Waals surface area contributed by atoms with Gasteiger partial charge in [0.15, 0.2) is 6.29 Å². The molecule has 1 aromatic heterocycles. The quantitative estimate of drug-likeness (QED) is 0.118. The number of pyridine rings is 1. The zero-order chi connectivity index (χ0) is 26.5. The molecule has 0 radical (unpaired) electrons. The maximum Gasteiger partial charge on any atom is 0.252 e. The van der Waals surface area contributed by atoms with E-state index in [1.54, 1.807) is 19.1 Å². The Hall–Kier alpha value is -2.64. The van der Waals surface area contributed by atoms with E-state index in [1.807, 2.05) is 13.8 Å². The summed E-state index contributed by atoms with van der Waals surface area (Å²) in [7, 11) is 0. The summed E-state index contributed by atoms with van der Waals surface area (Å²) < 4.78 is 11.1.